The molecule has 0 spiro atoms. The third-order valence-electron chi connectivity index (χ3n) is 6.68. The molecule has 1 aromatic carbocycles. The van der Waals surface area contributed by atoms with E-state index in [1.54, 1.807) is 18.2 Å². The van der Waals surface area contributed by atoms with Crippen LogP contribution in [0.3, 0.4) is 0 Å². The highest BCUT2D eigenvalue weighted by molar-refractivity contribution is 7.89. The van der Waals surface area contributed by atoms with Crippen LogP contribution in [0.1, 0.15) is 56.9 Å². The highest BCUT2D eigenvalue weighted by Gasteiger charge is 2.48. The molecule has 0 bridgehead atoms. The fraction of sp³-hybridized carbons (Fsp3) is 0.636. The summed E-state index contributed by atoms with van der Waals surface area (Å²) in [4.78, 5) is 27.0. The van der Waals surface area contributed by atoms with Crippen molar-refractivity contribution in [3.63, 3.8) is 0 Å². The molecule has 1 saturated carbocycles. The van der Waals surface area contributed by atoms with Gasteiger partial charge in [-0.25, -0.2) is 8.42 Å². The van der Waals surface area contributed by atoms with Crippen LogP contribution in [0.4, 0.5) is 0 Å². The van der Waals surface area contributed by atoms with Gasteiger partial charge in [-0.1, -0.05) is 31.7 Å². The summed E-state index contributed by atoms with van der Waals surface area (Å²) < 4.78 is 33.6. The molecule has 3 fully saturated rings. The molecular formula is C22H30N2O5S. The molecule has 0 N–H and O–H groups in total. The molecule has 1 aliphatic carbocycles. The Morgan fingerprint density at radius 2 is 1.53 bits per heavy atom. The molecule has 2 heterocycles. The molecule has 2 saturated heterocycles. The number of hydrogen-bond acceptors (Lipinski definition) is 5. The second kappa shape index (κ2) is 8.67. The van der Waals surface area contributed by atoms with Gasteiger partial charge in [-0.3, -0.25) is 14.5 Å². The van der Waals surface area contributed by atoms with E-state index in [0.717, 1.165) is 51.4 Å². The number of rotatable bonds is 5. The maximum Gasteiger partial charge on any atom is 0.246 e. The highest BCUT2D eigenvalue weighted by atomic mass is 32.2. The van der Waals surface area contributed by atoms with E-state index in [1.807, 2.05) is 0 Å². The first-order valence-electron chi connectivity index (χ1n) is 11.0. The molecule has 8 heteroatoms. The topological polar surface area (TPSA) is 84.0 Å². The Labute approximate surface area is 178 Å². The molecule has 164 valence electrons. The van der Waals surface area contributed by atoms with Crippen molar-refractivity contribution in [1.82, 2.24) is 9.21 Å². The quantitative estimate of drug-likeness (QED) is 0.666. The minimum absolute atomic E-state index is 0.108. The van der Waals surface area contributed by atoms with E-state index < -0.39 is 10.0 Å². The standard InChI is InChI=1S/C22H30N2O5S/c1-29-19-11-10-16(14-20(19)30(27,28)23-12-6-2-3-7-13-23)15-24-21(25)17-8-4-5-9-18(17)22(24)26/h10-11,14,17-18H,2-9,12-13,15H2,1H3/t17-,18-/m1/s1. The largest absolute Gasteiger partial charge is 0.495 e. The van der Waals surface area contributed by atoms with Crippen LogP contribution in [0, 0.1) is 11.8 Å². The van der Waals surface area contributed by atoms with Gasteiger partial charge in [-0.2, -0.15) is 4.31 Å². The number of amides is 2. The molecule has 2 aliphatic heterocycles. The number of imide groups is 1. The van der Waals surface area contributed by atoms with E-state index in [2.05, 4.69) is 0 Å². The number of likely N-dealkylation sites (tertiary alicyclic amines) is 1. The Morgan fingerprint density at radius 1 is 0.933 bits per heavy atom. The average Bonchev–Trinajstić information content (AvgIpc) is 2.95. The number of nitrogens with zero attached hydrogens (tertiary/aromatic N) is 2. The van der Waals surface area contributed by atoms with Crippen molar-refractivity contribution in [3.8, 4) is 5.75 Å². The van der Waals surface area contributed by atoms with Crippen LogP contribution in [0.2, 0.25) is 0 Å². The van der Waals surface area contributed by atoms with Gasteiger partial charge >= 0.3 is 0 Å². The molecule has 4 rings (SSSR count). The number of carbonyl (C=O) groups is 2. The highest BCUT2D eigenvalue weighted by Crippen LogP contribution is 2.39. The lowest BCUT2D eigenvalue weighted by Crippen LogP contribution is -2.33. The number of fused-ring (bicyclic) bond motifs is 1. The van der Waals surface area contributed by atoms with Gasteiger partial charge in [0.2, 0.25) is 21.8 Å². The van der Waals surface area contributed by atoms with Crippen LogP contribution in [0.25, 0.3) is 0 Å². The van der Waals surface area contributed by atoms with E-state index in [4.69, 9.17) is 4.74 Å². The third kappa shape index (κ3) is 3.87. The number of sulfonamides is 1. The van der Waals surface area contributed by atoms with Crippen LogP contribution in [-0.2, 0) is 26.2 Å². The molecule has 2 atom stereocenters. The summed E-state index contributed by atoms with van der Waals surface area (Å²) in [7, 11) is -2.26. The lowest BCUT2D eigenvalue weighted by atomic mass is 9.81. The number of ether oxygens (including phenoxy) is 1. The Hall–Kier alpha value is -1.93. The number of methoxy groups -OCH3 is 1. The molecule has 7 nitrogen and oxygen atoms in total. The van der Waals surface area contributed by atoms with Crippen LogP contribution in [0.15, 0.2) is 23.1 Å². The predicted octanol–water partition coefficient (Wildman–Crippen LogP) is 2.94. The van der Waals surface area contributed by atoms with Gasteiger partial charge in [0.25, 0.3) is 0 Å². The fourth-order valence-electron chi connectivity index (χ4n) is 5.01. The van der Waals surface area contributed by atoms with Crippen LogP contribution in [0.5, 0.6) is 5.75 Å². The molecule has 3 aliphatic rings. The Bertz CT molecular complexity index is 897. The number of hydrogen-bond donors (Lipinski definition) is 0. The van der Waals surface area contributed by atoms with E-state index in [1.165, 1.54) is 16.3 Å². The van der Waals surface area contributed by atoms with Gasteiger partial charge in [0, 0.05) is 13.1 Å². The van der Waals surface area contributed by atoms with Crippen molar-refractivity contribution in [2.75, 3.05) is 20.2 Å². The van der Waals surface area contributed by atoms with E-state index in [9.17, 15) is 18.0 Å². The molecule has 1 aromatic rings. The van der Waals surface area contributed by atoms with Crippen LogP contribution in [-0.4, -0.2) is 49.6 Å². The minimum Gasteiger partial charge on any atom is -0.495 e. The van der Waals surface area contributed by atoms with Crippen LogP contribution < -0.4 is 4.74 Å². The Balaban J connectivity index is 1.61. The molecular weight excluding hydrogens is 404 g/mol. The lowest BCUT2D eigenvalue weighted by molar-refractivity contribution is -0.140. The van der Waals surface area contributed by atoms with Gasteiger partial charge in [0.05, 0.1) is 25.5 Å². The SMILES string of the molecule is COc1ccc(CN2C(=O)[C@@H]3CCCC[C@H]3C2=O)cc1S(=O)(=O)N1CCCCCC1. The summed E-state index contributed by atoms with van der Waals surface area (Å²) >= 11 is 0. The van der Waals surface area contributed by atoms with Gasteiger partial charge in [0.15, 0.2) is 0 Å². The smallest absolute Gasteiger partial charge is 0.246 e. The van der Waals surface area contributed by atoms with E-state index in [-0.39, 0.29) is 40.8 Å². The summed E-state index contributed by atoms with van der Waals surface area (Å²) in [6.07, 6.45) is 7.26. The maximum absolute atomic E-state index is 13.3. The molecule has 0 unspecified atom stereocenters. The normalized spacial score (nSPS) is 25.8. The monoisotopic (exact) mass is 434 g/mol. The number of benzene rings is 1. The zero-order valence-corrected chi connectivity index (χ0v) is 18.3. The second-order valence-electron chi connectivity index (χ2n) is 8.56. The van der Waals surface area contributed by atoms with Gasteiger partial charge in [-0.15, -0.1) is 0 Å². The van der Waals surface area contributed by atoms with Crippen molar-refractivity contribution in [2.45, 2.75) is 62.8 Å². The average molecular weight is 435 g/mol. The summed E-state index contributed by atoms with van der Waals surface area (Å²) in [6, 6.07) is 4.93. The first kappa shape index (κ1) is 21.3. The van der Waals surface area contributed by atoms with Gasteiger partial charge in [0.1, 0.15) is 10.6 Å². The molecule has 0 radical (unpaired) electrons. The van der Waals surface area contributed by atoms with Crippen molar-refractivity contribution < 1.29 is 22.7 Å². The fourth-order valence-corrected chi connectivity index (χ4v) is 6.73. The minimum atomic E-state index is -3.71. The first-order chi connectivity index (χ1) is 14.4. The molecule has 2 amide bonds. The zero-order chi connectivity index (χ0) is 21.3. The van der Waals surface area contributed by atoms with E-state index >= 15 is 0 Å². The predicted molar refractivity (Wildman–Crippen MR) is 111 cm³/mol. The maximum atomic E-state index is 13.3. The summed E-state index contributed by atoms with van der Waals surface area (Å²) in [5.74, 6) is -0.347. The lowest BCUT2D eigenvalue weighted by Gasteiger charge is -2.22. The molecule has 0 aromatic heterocycles. The zero-order valence-electron chi connectivity index (χ0n) is 17.5. The van der Waals surface area contributed by atoms with Crippen molar-refractivity contribution >= 4 is 21.8 Å². The Morgan fingerprint density at radius 3 is 2.10 bits per heavy atom. The van der Waals surface area contributed by atoms with Gasteiger partial charge in [-0.05, 0) is 43.4 Å². The third-order valence-corrected chi connectivity index (χ3v) is 8.60. The Kier molecular flexibility index (Phi) is 6.16. The van der Waals surface area contributed by atoms with Crippen molar-refractivity contribution in [2.24, 2.45) is 11.8 Å². The first-order valence-corrected chi connectivity index (χ1v) is 12.4. The van der Waals surface area contributed by atoms with Crippen molar-refractivity contribution in [3.05, 3.63) is 23.8 Å². The van der Waals surface area contributed by atoms with E-state index in [0.29, 0.717) is 18.7 Å². The summed E-state index contributed by atoms with van der Waals surface area (Å²) in [6.45, 7) is 1.11. The molecule has 30 heavy (non-hydrogen) atoms. The summed E-state index contributed by atoms with van der Waals surface area (Å²) in [5.41, 5.74) is 0.629. The van der Waals surface area contributed by atoms with Crippen LogP contribution >= 0.6 is 0 Å². The van der Waals surface area contributed by atoms with Gasteiger partial charge < -0.3 is 4.74 Å². The van der Waals surface area contributed by atoms with Crippen molar-refractivity contribution in [1.29, 1.82) is 0 Å². The number of carbonyl (C=O) groups excluding carboxylic acids is 2. The second-order valence-corrected chi connectivity index (χ2v) is 10.5. The summed E-state index contributed by atoms with van der Waals surface area (Å²) in [5, 5.41) is 0.